The fourth-order valence-corrected chi connectivity index (χ4v) is 3.07. The molecule has 2 aromatic carbocycles. The highest BCUT2D eigenvalue weighted by molar-refractivity contribution is 5.95. The summed E-state index contributed by atoms with van der Waals surface area (Å²) in [6, 6.07) is 13.1. The number of nitrogens with zero attached hydrogens (tertiary/aromatic N) is 1. The third kappa shape index (κ3) is 7.44. The Labute approximate surface area is 183 Å². The number of hydrogen-bond acceptors (Lipinski definition) is 5. The molecule has 0 aliphatic heterocycles. The maximum Gasteiger partial charge on any atom is 0.344 e. The zero-order valence-electron chi connectivity index (χ0n) is 18.6. The fraction of sp³-hybridized carbons (Fsp3) is 0.375. The van der Waals surface area contributed by atoms with Gasteiger partial charge in [-0.05, 0) is 49.9 Å². The lowest BCUT2D eigenvalue weighted by molar-refractivity contribution is -0.154. The van der Waals surface area contributed by atoms with Crippen LogP contribution < -0.4 is 10.1 Å². The molecule has 0 saturated heterocycles. The van der Waals surface area contributed by atoms with Crippen molar-refractivity contribution in [3.8, 4) is 5.75 Å². The summed E-state index contributed by atoms with van der Waals surface area (Å²) in [5.41, 5.74) is 3.46. The molecule has 31 heavy (non-hydrogen) atoms. The molecule has 0 spiro atoms. The van der Waals surface area contributed by atoms with E-state index in [9.17, 15) is 14.4 Å². The maximum absolute atomic E-state index is 12.5. The monoisotopic (exact) mass is 426 g/mol. The van der Waals surface area contributed by atoms with Crippen molar-refractivity contribution in [2.24, 2.45) is 0 Å². The minimum absolute atomic E-state index is 0.114. The van der Waals surface area contributed by atoms with E-state index in [2.05, 4.69) is 5.32 Å². The van der Waals surface area contributed by atoms with E-state index in [0.717, 1.165) is 16.7 Å². The van der Waals surface area contributed by atoms with Gasteiger partial charge in [-0.15, -0.1) is 0 Å². The van der Waals surface area contributed by atoms with Crippen molar-refractivity contribution in [3.63, 3.8) is 0 Å². The summed E-state index contributed by atoms with van der Waals surface area (Å²) in [4.78, 5) is 38.3. The number of esters is 1. The number of carbonyl (C=O) groups excluding carboxylic acids is 3. The summed E-state index contributed by atoms with van der Waals surface area (Å²) in [5, 5.41) is 2.81. The Morgan fingerprint density at radius 2 is 1.55 bits per heavy atom. The van der Waals surface area contributed by atoms with E-state index in [0.29, 0.717) is 24.4 Å². The highest BCUT2D eigenvalue weighted by Crippen LogP contribution is 2.22. The lowest BCUT2D eigenvalue weighted by atomic mass is 10.1. The molecule has 0 aromatic heterocycles. The molecule has 166 valence electrons. The number of aryl methyl sites for hydroxylation is 3. The average Bonchev–Trinajstić information content (AvgIpc) is 2.73. The van der Waals surface area contributed by atoms with Gasteiger partial charge in [-0.2, -0.15) is 0 Å². The Balaban J connectivity index is 1.85. The van der Waals surface area contributed by atoms with Gasteiger partial charge in [0.15, 0.2) is 13.2 Å². The van der Waals surface area contributed by atoms with Gasteiger partial charge in [0.05, 0.1) is 6.54 Å². The molecule has 2 amide bonds. The van der Waals surface area contributed by atoms with Gasteiger partial charge in [-0.25, -0.2) is 4.79 Å². The van der Waals surface area contributed by atoms with Crippen LogP contribution in [0.4, 0.5) is 5.69 Å². The third-order valence-corrected chi connectivity index (χ3v) is 4.70. The first kappa shape index (κ1) is 23.9. The first-order chi connectivity index (χ1) is 14.8. The van der Waals surface area contributed by atoms with E-state index in [1.807, 2.05) is 64.1 Å². The van der Waals surface area contributed by atoms with E-state index in [4.69, 9.17) is 9.47 Å². The smallest absolute Gasteiger partial charge is 0.344 e. The van der Waals surface area contributed by atoms with Crippen molar-refractivity contribution < 1.29 is 23.9 Å². The van der Waals surface area contributed by atoms with Crippen molar-refractivity contribution in [2.45, 2.75) is 34.1 Å². The standard InChI is InChI=1S/C24H30N2O5/c1-5-13-26(14-21(27)25-20-12-7-6-9-17(20)2)22(28)15-30-23(29)16-31-24-18(3)10-8-11-19(24)4/h6-12H,5,13-16H2,1-4H3,(H,25,27). The first-order valence-electron chi connectivity index (χ1n) is 10.3. The molecule has 2 rings (SSSR count). The van der Waals surface area contributed by atoms with Crippen molar-refractivity contribution in [2.75, 3.05) is 31.6 Å². The summed E-state index contributed by atoms with van der Waals surface area (Å²) in [6.07, 6.45) is 0.674. The molecule has 0 saturated carbocycles. The number of para-hydroxylation sites is 2. The summed E-state index contributed by atoms with van der Waals surface area (Å²) < 4.78 is 10.6. The first-order valence-corrected chi connectivity index (χ1v) is 10.3. The Morgan fingerprint density at radius 1 is 0.903 bits per heavy atom. The van der Waals surface area contributed by atoms with Gasteiger partial charge < -0.3 is 19.7 Å². The van der Waals surface area contributed by atoms with Crippen molar-refractivity contribution >= 4 is 23.5 Å². The largest absolute Gasteiger partial charge is 0.481 e. The highest BCUT2D eigenvalue weighted by Gasteiger charge is 2.19. The molecule has 7 heteroatoms. The number of rotatable bonds is 10. The molecule has 0 unspecified atom stereocenters. The summed E-state index contributed by atoms with van der Waals surface area (Å²) >= 11 is 0. The number of ether oxygens (including phenoxy) is 2. The number of anilines is 1. The van der Waals surface area contributed by atoms with E-state index in [1.165, 1.54) is 4.90 Å². The molecule has 0 radical (unpaired) electrons. The van der Waals surface area contributed by atoms with Crippen LogP contribution >= 0.6 is 0 Å². The predicted molar refractivity (Wildman–Crippen MR) is 119 cm³/mol. The van der Waals surface area contributed by atoms with Gasteiger partial charge in [0, 0.05) is 12.2 Å². The molecule has 0 aliphatic carbocycles. The van der Waals surface area contributed by atoms with E-state index < -0.39 is 18.5 Å². The molecule has 2 aromatic rings. The molecule has 1 N–H and O–H groups in total. The van der Waals surface area contributed by atoms with Gasteiger partial charge in [-0.3, -0.25) is 9.59 Å². The minimum Gasteiger partial charge on any atom is -0.481 e. The lowest BCUT2D eigenvalue weighted by Gasteiger charge is -2.21. The van der Waals surface area contributed by atoms with Crippen LogP contribution in [0.1, 0.15) is 30.0 Å². The number of amides is 2. The highest BCUT2D eigenvalue weighted by atomic mass is 16.6. The van der Waals surface area contributed by atoms with Gasteiger partial charge in [0.25, 0.3) is 5.91 Å². The summed E-state index contributed by atoms with van der Waals surface area (Å²) in [6.45, 7) is 7.12. The van der Waals surface area contributed by atoms with Crippen LogP contribution in [0.15, 0.2) is 42.5 Å². The predicted octanol–water partition coefficient (Wildman–Crippen LogP) is 3.41. The van der Waals surface area contributed by atoms with Gasteiger partial charge >= 0.3 is 5.97 Å². The lowest BCUT2D eigenvalue weighted by Crippen LogP contribution is -2.41. The summed E-state index contributed by atoms with van der Waals surface area (Å²) in [5.74, 6) is -0.744. The van der Waals surface area contributed by atoms with Crippen LogP contribution in [0.2, 0.25) is 0 Å². The van der Waals surface area contributed by atoms with Crippen molar-refractivity contribution in [1.29, 1.82) is 0 Å². The topological polar surface area (TPSA) is 84.9 Å². The second-order valence-corrected chi connectivity index (χ2v) is 7.35. The molecule has 0 atom stereocenters. The van der Waals surface area contributed by atoms with Crippen molar-refractivity contribution in [3.05, 3.63) is 59.2 Å². The molecule has 0 aliphatic rings. The Bertz CT molecular complexity index is 906. The van der Waals surface area contributed by atoms with Gasteiger partial charge in [-0.1, -0.05) is 43.3 Å². The third-order valence-electron chi connectivity index (χ3n) is 4.70. The minimum atomic E-state index is -0.642. The number of nitrogens with one attached hydrogen (secondary N) is 1. The van der Waals surface area contributed by atoms with Gasteiger partial charge in [0.1, 0.15) is 5.75 Å². The zero-order chi connectivity index (χ0) is 22.8. The van der Waals surface area contributed by atoms with E-state index in [-0.39, 0.29) is 19.1 Å². The molecular formula is C24H30N2O5. The fourth-order valence-electron chi connectivity index (χ4n) is 3.07. The van der Waals surface area contributed by atoms with Crippen LogP contribution in [0, 0.1) is 20.8 Å². The molecule has 0 fully saturated rings. The number of carbonyl (C=O) groups is 3. The maximum atomic E-state index is 12.5. The quantitative estimate of drug-likeness (QED) is 0.589. The number of hydrogen-bond donors (Lipinski definition) is 1. The molecular weight excluding hydrogens is 396 g/mol. The average molecular weight is 427 g/mol. The van der Waals surface area contributed by atoms with Crippen molar-refractivity contribution in [1.82, 2.24) is 4.90 Å². The summed E-state index contributed by atoms with van der Waals surface area (Å²) in [7, 11) is 0. The van der Waals surface area contributed by atoms with Gasteiger partial charge in [0.2, 0.25) is 5.91 Å². The molecule has 0 heterocycles. The van der Waals surface area contributed by atoms with Crippen LogP contribution in [0.25, 0.3) is 0 Å². The Kier molecular flexibility index (Phi) is 9.06. The Hall–Kier alpha value is -3.35. The SMILES string of the molecule is CCCN(CC(=O)Nc1ccccc1C)C(=O)COC(=O)COc1c(C)cccc1C. The molecule has 7 nitrogen and oxygen atoms in total. The zero-order valence-corrected chi connectivity index (χ0v) is 18.6. The second kappa shape index (κ2) is 11.7. The molecule has 0 bridgehead atoms. The van der Waals surface area contributed by atoms with Crippen LogP contribution in [0.3, 0.4) is 0 Å². The normalized spacial score (nSPS) is 10.3. The van der Waals surface area contributed by atoms with Crippen LogP contribution in [-0.4, -0.2) is 49.0 Å². The van der Waals surface area contributed by atoms with Crippen LogP contribution in [0.5, 0.6) is 5.75 Å². The van der Waals surface area contributed by atoms with E-state index in [1.54, 1.807) is 6.07 Å². The van der Waals surface area contributed by atoms with Crippen LogP contribution in [-0.2, 0) is 19.1 Å². The number of benzene rings is 2. The van der Waals surface area contributed by atoms with E-state index >= 15 is 0 Å². The Morgan fingerprint density at radius 3 is 2.19 bits per heavy atom. The second-order valence-electron chi connectivity index (χ2n) is 7.35.